The predicted molar refractivity (Wildman–Crippen MR) is 59.6 cm³/mol. The first kappa shape index (κ1) is 9.53. The van der Waals surface area contributed by atoms with Crippen molar-refractivity contribution < 1.29 is 4.79 Å². The van der Waals surface area contributed by atoms with Gasteiger partial charge in [0, 0.05) is 10.5 Å². The molecule has 0 radical (unpaired) electrons. The summed E-state index contributed by atoms with van der Waals surface area (Å²) in [5, 5.41) is 0. The van der Waals surface area contributed by atoms with Gasteiger partial charge in [0.2, 0.25) is 5.78 Å². The van der Waals surface area contributed by atoms with Crippen LogP contribution in [0.2, 0.25) is 0 Å². The number of rotatable bonds is 1. The highest BCUT2D eigenvalue weighted by Gasteiger charge is 2.24. The first-order valence-corrected chi connectivity index (χ1v) is 5.53. The second-order valence-corrected chi connectivity index (χ2v) is 4.79. The SMILES string of the molecule is CC(C)/C=C1/Sc2ccccc2C1=O. The maximum Gasteiger partial charge on any atom is 0.200 e. The molecule has 72 valence electrons. The van der Waals surface area contributed by atoms with Crippen LogP contribution in [-0.4, -0.2) is 5.78 Å². The number of fused-ring (bicyclic) bond motifs is 1. The van der Waals surface area contributed by atoms with E-state index in [1.807, 2.05) is 30.3 Å². The van der Waals surface area contributed by atoms with Crippen LogP contribution in [0.25, 0.3) is 0 Å². The van der Waals surface area contributed by atoms with Crippen molar-refractivity contribution in [2.24, 2.45) is 5.92 Å². The van der Waals surface area contributed by atoms with Gasteiger partial charge < -0.3 is 0 Å². The van der Waals surface area contributed by atoms with Crippen LogP contribution < -0.4 is 0 Å². The minimum atomic E-state index is 0.180. The molecule has 0 saturated carbocycles. The molecule has 0 atom stereocenters. The Bertz CT molecular complexity index is 405. The lowest BCUT2D eigenvalue weighted by Gasteiger charge is -1.96. The average molecular weight is 204 g/mol. The Kier molecular flexibility index (Phi) is 2.46. The lowest BCUT2D eigenvalue weighted by Crippen LogP contribution is -1.95. The molecular formula is C12H12OS. The van der Waals surface area contributed by atoms with Crippen molar-refractivity contribution in [2.45, 2.75) is 18.7 Å². The summed E-state index contributed by atoms with van der Waals surface area (Å²) in [6, 6.07) is 7.78. The normalized spacial score (nSPS) is 17.9. The molecule has 0 aliphatic carbocycles. The first-order valence-electron chi connectivity index (χ1n) is 4.72. The van der Waals surface area contributed by atoms with Crippen LogP contribution in [0.4, 0.5) is 0 Å². The number of carbonyl (C=O) groups is 1. The average Bonchev–Trinajstić information content (AvgIpc) is 2.44. The van der Waals surface area contributed by atoms with E-state index in [1.54, 1.807) is 11.8 Å². The third kappa shape index (κ3) is 1.62. The molecular weight excluding hydrogens is 192 g/mol. The minimum Gasteiger partial charge on any atom is -0.288 e. The molecule has 2 heteroatoms. The Balaban J connectivity index is 2.39. The number of Topliss-reactive ketones (excluding diaryl/α,β-unsaturated/α-hetero) is 1. The van der Waals surface area contributed by atoms with Gasteiger partial charge in [0.1, 0.15) is 0 Å². The maximum absolute atomic E-state index is 11.8. The van der Waals surface area contributed by atoms with Gasteiger partial charge in [0.05, 0.1) is 4.91 Å². The number of thioether (sulfide) groups is 1. The Hall–Kier alpha value is -1.02. The summed E-state index contributed by atoms with van der Waals surface area (Å²) in [6.07, 6.45) is 2.03. The fourth-order valence-electron chi connectivity index (χ4n) is 1.45. The van der Waals surface area contributed by atoms with Gasteiger partial charge in [-0.05, 0) is 18.1 Å². The number of benzene rings is 1. The van der Waals surface area contributed by atoms with Crippen LogP contribution in [-0.2, 0) is 0 Å². The van der Waals surface area contributed by atoms with Gasteiger partial charge in [0.15, 0.2) is 0 Å². The summed E-state index contributed by atoms with van der Waals surface area (Å²) in [5.74, 6) is 0.607. The molecule has 1 heterocycles. The Morgan fingerprint density at radius 1 is 1.29 bits per heavy atom. The summed E-state index contributed by atoms with van der Waals surface area (Å²) in [4.78, 5) is 13.8. The molecule has 0 aromatic heterocycles. The molecule has 1 nitrogen and oxygen atoms in total. The summed E-state index contributed by atoms with van der Waals surface area (Å²) >= 11 is 1.58. The quantitative estimate of drug-likeness (QED) is 0.651. The van der Waals surface area contributed by atoms with Crippen molar-refractivity contribution in [3.8, 4) is 0 Å². The molecule has 0 fully saturated rings. The fourth-order valence-corrected chi connectivity index (χ4v) is 2.65. The van der Waals surface area contributed by atoms with Crippen LogP contribution in [0.1, 0.15) is 24.2 Å². The largest absolute Gasteiger partial charge is 0.288 e. The lowest BCUT2D eigenvalue weighted by atomic mass is 10.1. The monoisotopic (exact) mass is 204 g/mol. The molecule has 0 unspecified atom stereocenters. The van der Waals surface area contributed by atoms with E-state index in [4.69, 9.17) is 0 Å². The van der Waals surface area contributed by atoms with Gasteiger partial charge >= 0.3 is 0 Å². The van der Waals surface area contributed by atoms with Crippen molar-refractivity contribution >= 4 is 17.5 Å². The van der Waals surface area contributed by atoms with E-state index in [9.17, 15) is 4.79 Å². The number of allylic oxidation sites excluding steroid dienone is 2. The van der Waals surface area contributed by atoms with Crippen molar-refractivity contribution in [3.63, 3.8) is 0 Å². The van der Waals surface area contributed by atoms with Gasteiger partial charge in [-0.1, -0.05) is 43.8 Å². The van der Waals surface area contributed by atoms with Crippen LogP contribution >= 0.6 is 11.8 Å². The first-order chi connectivity index (χ1) is 6.68. The molecule has 0 spiro atoms. The van der Waals surface area contributed by atoms with E-state index in [2.05, 4.69) is 13.8 Å². The number of hydrogen-bond acceptors (Lipinski definition) is 2. The zero-order chi connectivity index (χ0) is 10.1. The Labute approximate surface area is 88.2 Å². The molecule has 0 N–H and O–H groups in total. The number of carbonyl (C=O) groups excluding carboxylic acids is 1. The molecule has 14 heavy (non-hydrogen) atoms. The second-order valence-electron chi connectivity index (χ2n) is 3.70. The molecule has 2 rings (SSSR count). The van der Waals surface area contributed by atoms with E-state index in [-0.39, 0.29) is 5.78 Å². The second kappa shape index (κ2) is 3.62. The van der Waals surface area contributed by atoms with Gasteiger partial charge in [-0.3, -0.25) is 4.79 Å². The third-order valence-electron chi connectivity index (χ3n) is 2.06. The van der Waals surface area contributed by atoms with Crippen molar-refractivity contribution in [3.05, 3.63) is 40.8 Å². The summed E-state index contributed by atoms with van der Waals surface area (Å²) in [5.41, 5.74) is 0.851. The Morgan fingerprint density at radius 2 is 2.00 bits per heavy atom. The number of hydrogen-bond donors (Lipinski definition) is 0. The number of ketones is 1. The lowest BCUT2D eigenvalue weighted by molar-refractivity contribution is 0.104. The van der Waals surface area contributed by atoms with Gasteiger partial charge in [-0.25, -0.2) is 0 Å². The zero-order valence-electron chi connectivity index (χ0n) is 8.28. The topological polar surface area (TPSA) is 17.1 Å². The molecule has 0 saturated heterocycles. The van der Waals surface area contributed by atoms with Crippen LogP contribution in [0, 0.1) is 5.92 Å². The van der Waals surface area contributed by atoms with E-state index < -0.39 is 0 Å². The van der Waals surface area contributed by atoms with Crippen LogP contribution in [0.5, 0.6) is 0 Å². The molecule has 1 aromatic rings. The van der Waals surface area contributed by atoms with Crippen molar-refractivity contribution in [1.82, 2.24) is 0 Å². The van der Waals surface area contributed by atoms with E-state index in [1.165, 1.54) is 0 Å². The highest BCUT2D eigenvalue weighted by Crippen LogP contribution is 2.39. The van der Waals surface area contributed by atoms with Gasteiger partial charge in [-0.15, -0.1) is 0 Å². The standard InChI is InChI=1S/C12H12OS/c1-8(2)7-11-12(13)9-5-3-4-6-10(9)14-11/h3-8H,1-2H3/b11-7+. The maximum atomic E-state index is 11.8. The Morgan fingerprint density at radius 3 is 2.64 bits per heavy atom. The van der Waals surface area contributed by atoms with E-state index in [0.717, 1.165) is 15.4 Å². The van der Waals surface area contributed by atoms with E-state index in [0.29, 0.717) is 5.92 Å². The molecule has 1 aliphatic heterocycles. The van der Waals surface area contributed by atoms with Crippen molar-refractivity contribution in [2.75, 3.05) is 0 Å². The van der Waals surface area contributed by atoms with Gasteiger partial charge in [-0.2, -0.15) is 0 Å². The highest BCUT2D eigenvalue weighted by molar-refractivity contribution is 8.04. The van der Waals surface area contributed by atoms with Crippen molar-refractivity contribution in [1.29, 1.82) is 0 Å². The molecule has 0 bridgehead atoms. The van der Waals surface area contributed by atoms with Gasteiger partial charge in [0.25, 0.3) is 0 Å². The summed E-state index contributed by atoms with van der Waals surface area (Å²) in [7, 11) is 0. The van der Waals surface area contributed by atoms with Crippen LogP contribution in [0.3, 0.4) is 0 Å². The predicted octanol–water partition coefficient (Wildman–Crippen LogP) is 3.51. The summed E-state index contributed by atoms with van der Waals surface area (Å²) in [6.45, 7) is 4.17. The van der Waals surface area contributed by atoms with E-state index >= 15 is 0 Å². The fraction of sp³-hybridized carbons (Fsp3) is 0.250. The third-order valence-corrected chi connectivity index (χ3v) is 3.18. The van der Waals surface area contributed by atoms with Crippen LogP contribution in [0.15, 0.2) is 40.1 Å². The molecule has 1 aliphatic rings. The zero-order valence-corrected chi connectivity index (χ0v) is 9.10. The molecule has 1 aromatic carbocycles. The summed E-state index contributed by atoms with van der Waals surface area (Å²) < 4.78 is 0. The highest BCUT2D eigenvalue weighted by atomic mass is 32.2. The molecule has 0 amide bonds. The smallest absolute Gasteiger partial charge is 0.200 e. The minimum absolute atomic E-state index is 0.180.